The van der Waals surface area contributed by atoms with Crippen molar-refractivity contribution in [2.75, 3.05) is 0 Å². The lowest BCUT2D eigenvalue weighted by molar-refractivity contribution is -0.123. The minimum Gasteiger partial charge on any atom is -0.318 e. The fourth-order valence-electron chi connectivity index (χ4n) is 3.52. The van der Waals surface area contributed by atoms with E-state index >= 15 is 0 Å². The number of rotatable bonds is 4. The summed E-state index contributed by atoms with van der Waals surface area (Å²) >= 11 is 6.93. The lowest BCUT2D eigenvalue weighted by Crippen LogP contribution is -2.27. The highest BCUT2D eigenvalue weighted by Crippen LogP contribution is 2.34. The number of aromatic nitrogens is 1. The molecule has 1 aliphatic rings. The van der Waals surface area contributed by atoms with Crippen LogP contribution < -0.4 is 0 Å². The Morgan fingerprint density at radius 3 is 2.50 bits per heavy atom. The molecule has 3 aromatic rings. The fraction of sp³-hybridized carbons (Fsp3) is 0.130. The molecule has 1 saturated heterocycles. The second-order valence-electron chi connectivity index (χ2n) is 7.04. The number of thioether (sulfide) groups is 1. The van der Waals surface area contributed by atoms with Gasteiger partial charge in [0, 0.05) is 22.1 Å². The molecule has 0 bridgehead atoms. The Morgan fingerprint density at radius 2 is 1.80 bits per heavy atom. The molecule has 0 atom stereocenters. The Labute approximate surface area is 182 Å². The molecule has 2 heterocycles. The highest BCUT2D eigenvalue weighted by molar-refractivity contribution is 8.18. The summed E-state index contributed by atoms with van der Waals surface area (Å²) in [6.07, 6.45) is 1.74. The van der Waals surface area contributed by atoms with Gasteiger partial charge >= 0.3 is 0 Å². The Bertz CT molecular complexity index is 1180. The van der Waals surface area contributed by atoms with Gasteiger partial charge in [0.2, 0.25) is 0 Å². The average Bonchev–Trinajstić information content (AvgIpc) is 3.13. The minimum absolute atomic E-state index is 0.178. The van der Waals surface area contributed by atoms with Crippen molar-refractivity contribution in [1.82, 2.24) is 9.47 Å². The second-order valence-corrected chi connectivity index (χ2v) is 8.47. The molecule has 152 valence electrons. The predicted molar refractivity (Wildman–Crippen MR) is 118 cm³/mol. The molecule has 2 aromatic carbocycles. The number of carbonyl (C=O) groups is 2. The molecule has 4 nitrogen and oxygen atoms in total. The summed E-state index contributed by atoms with van der Waals surface area (Å²) in [7, 11) is 0. The number of amides is 2. The van der Waals surface area contributed by atoms with E-state index in [-0.39, 0.29) is 23.5 Å². The van der Waals surface area contributed by atoms with Gasteiger partial charge in [0.15, 0.2) is 0 Å². The first-order valence-electron chi connectivity index (χ1n) is 9.28. The number of benzene rings is 2. The molecule has 0 radical (unpaired) electrons. The van der Waals surface area contributed by atoms with Crippen LogP contribution in [0.1, 0.15) is 22.5 Å². The van der Waals surface area contributed by atoms with Crippen LogP contribution in [0, 0.1) is 19.7 Å². The van der Waals surface area contributed by atoms with Crippen LogP contribution in [-0.4, -0.2) is 20.6 Å². The van der Waals surface area contributed by atoms with Crippen molar-refractivity contribution in [3.05, 3.63) is 92.9 Å². The van der Waals surface area contributed by atoms with Crippen molar-refractivity contribution in [3.63, 3.8) is 0 Å². The molecule has 0 unspecified atom stereocenters. The van der Waals surface area contributed by atoms with Crippen LogP contribution in [0.3, 0.4) is 0 Å². The molecule has 0 spiro atoms. The van der Waals surface area contributed by atoms with E-state index in [1.165, 1.54) is 17.0 Å². The van der Waals surface area contributed by atoms with E-state index in [9.17, 15) is 14.0 Å². The lowest BCUT2D eigenvalue weighted by atomic mass is 10.2. The predicted octanol–water partition coefficient (Wildman–Crippen LogP) is 6.12. The number of aryl methyl sites for hydroxylation is 1. The Morgan fingerprint density at radius 1 is 1.07 bits per heavy atom. The lowest BCUT2D eigenvalue weighted by Gasteiger charge is -2.12. The maximum Gasteiger partial charge on any atom is 0.293 e. The minimum atomic E-state index is -0.323. The van der Waals surface area contributed by atoms with Crippen LogP contribution in [0.2, 0.25) is 5.02 Å². The number of imide groups is 1. The van der Waals surface area contributed by atoms with Gasteiger partial charge in [0.05, 0.1) is 11.4 Å². The van der Waals surface area contributed by atoms with Gasteiger partial charge in [-0.3, -0.25) is 14.5 Å². The van der Waals surface area contributed by atoms with Crippen LogP contribution in [0.4, 0.5) is 9.18 Å². The second kappa shape index (κ2) is 8.13. The fourth-order valence-corrected chi connectivity index (χ4v) is 4.56. The first-order valence-corrected chi connectivity index (χ1v) is 10.5. The van der Waals surface area contributed by atoms with Gasteiger partial charge in [0.1, 0.15) is 5.82 Å². The normalized spacial score (nSPS) is 15.5. The summed E-state index contributed by atoms with van der Waals surface area (Å²) in [6, 6.07) is 15.3. The smallest absolute Gasteiger partial charge is 0.293 e. The maximum absolute atomic E-state index is 13.3. The molecule has 1 aromatic heterocycles. The SMILES string of the molecule is Cc1cc(/C=C2\SC(=O)N(Cc3cccc(Cl)c3)C2=O)c(C)n1-c1ccc(F)cc1. The van der Waals surface area contributed by atoms with Gasteiger partial charge in [-0.1, -0.05) is 23.7 Å². The molecule has 30 heavy (non-hydrogen) atoms. The van der Waals surface area contributed by atoms with Crippen molar-refractivity contribution >= 4 is 40.6 Å². The summed E-state index contributed by atoms with van der Waals surface area (Å²) in [5.74, 6) is -0.619. The molecule has 7 heteroatoms. The zero-order chi connectivity index (χ0) is 21.4. The highest BCUT2D eigenvalue weighted by Gasteiger charge is 2.35. The molecule has 0 N–H and O–H groups in total. The Balaban J connectivity index is 1.62. The standard InChI is InChI=1S/C23H18ClFN2O2S/c1-14-10-17(15(2)27(14)20-8-6-19(25)7-9-20)12-21-22(28)26(23(29)30-21)13-16-4-3-5-18(24)11-16/h3-12H,13H2,1-2H3/b21-12-. The van der Waals surface area contributed by atoms with Gasteiger partial charge < -0.3 is 4.57 Å². The van der Waals surface area contributed by atoms with E-state index in [4.69, 9.17) is 11.6 Å². The maximum atomic E-state index is 13.3. The highest BCUT2D eigenvalue weighted by atomic mass is 35.5. The van der Waals surface area contributed by atoms with Crippen molar-refractivity contribution in [1.29, 1.82) is 0 Å². The van der Waals surface area contributed by atoms with E-state index in [0.29, 0.717) is 9.93 Å². The molecule has 1 aliphatic heterocycles. The quantitative estimate of drug-likeness (QED) is 0.459. The average molecular weight is 441 g/mol. The third kappa shape index (κ3) is 3.93. The van der Waals surface area contributed by atoms with E-state index in [2.05, 4.69) is 0 Å². The van der Waals surface area contributed by atoms with Gasteiger partial charge in [0.25, 0.3) is 11.1 Å². The van der Waals surface area contributed by atoms with Crippen molar-refractivity contribution in [3.8, 4) is 5.69 Å². The van der Waals surface area contributed by atoms with Crippen LogP contribution in [0.5, 0.6) is 0 Å². The molecule has 1 fully saturated rings. The summed E-state index contributed by atoms with van der Waals surface area (Å²) in [4.78, 5) is 26.9. The van der Waals surface area contributed by atoms with Gasteiger partial charge in [-0.05, 0) is 85.3 Å². The number of carbonyl (C=O) groups excluding carboxylic acids is 2. The zero-order valence-electron chi connectivity index (χ0n) is 16.4. The topological polar surface area (TPSA) is 42.3 Å². The first-order chi connectivity index (χ1) is 14.3. The van der Waals surface area contributed by atoms with Crippen molar-refractivity contribution < 1.29 is 14.0 Å². The van der Waals surface area contributed by atoms with Gasteiger partial charge in [-0.25, -0.2) is 4.39 Å². The van der Waals surface area contributed by atoms with Crippen LogP contribution in [0.25, 0.3) is 11.8 Å². The number of hydrogen-bond acceptors (Lipinski definition) is 3. The monoisotopic (exact) mass is 440 g/mol. The van der Waals surface area contributed by atoms with Crippen molar-refractivity contribution in [2.24, 2.45) is 0 Å². The first kappa shape index (κ1) is 20.4. The van der Waals surface area contributed by atoms with Gasteiger partial charge in [-0.2, -0.15) is 0 Å². The molecular weight excluding hydrogens is 423 g/mol. The van der Waals surface area contributed by atoms with Crippen LogP contribution >= 0.6 is 23.4 Å². The van der Waals surface area contributed by atoms with E-state index in [0.717, 1.165) is 40.0 Å². The third-order valence-corrected chi connectivity index (χ3v) is 6.09. The zero-order valence-corrected chi connectivity index (χ0v) is 17.9. The molecule has 0 aliphatic carbocycles. The van der Waals surface area contributed by atoms with Crippen LogP contribution in [-0.2, 0) is 11.3 Å². The van der Waals surface area contributed by atoms with Crippen LogP contribution in [0.15, 0.2) is 59.5 Å². The molecule has 4 rings (SSSR count). The number of nitrogens with zero attached hydrogens (tertiary/aromatic N) is 2. The third-order valence-electron chi connectivity index (χ3n) is 4.95. The van der Waals surface area contributed by atoms with E-state index in [1.54, 1.807) is 36.4 Å². The molecular formula is C23H18ClFN2O2S. The summed E-state index contributed by atoms with van der Waals surface area (Å²) in [5, 5.41) is 0.252. The van der Waals surface area contributed by atoms with E-state index in [1.807, 2.05) is 30.5 Å². The molecule has 2 amide bonds. The Kier molecular flexibility index (Phi) is 5.54. The summed E-state index contributed by atoms with van der Waals surface area (Å²) in [6.45, 7) is 4.05. The van der Waals surface area contributed by atoms with Crippen molar-refractivity contribution in [2.45, 2.75) is 20.4 Å². The summed E-state index contributed by atoms with van der Waals surface area (Å²) in [5.41, 5.74) is 4.31. The van der Waals surface area contributed by atoms with E-state index < -0.39 is 0 Å². The largest absolute Gasteiger partial charge is 0.318 e. The van der Waals surface area contributed by atoms with Gasteiger partial charge in [-0.15, -0.1) is 0 Å². The number of hydrogen-bond donors (Lipinski definition) is 0. The molecule has 0 saturated carbocycles. The number of halogens is 2. The Hall–Kier alpha value is -2.83. The summed E-state index contributed by atoms with van der Waals surface area (Å²) < 4.78 is 15.3.